The highest BCUT2D eigenvalue weighted by molar-refractivity contribution is 7.89. The molecule has 110 valence electrons. The number of carbonyl (C=O) groups is 1. The molecule has 0 aliphatic heterocycles. The number of hydrogen-bond donors (Lipinski definition) is 2. The van der Waals surface area contributed by atoms with Crippen molar-refractivity contribution in [2.75, 3.05) is 0 Å². The van der Waals surface area contributed by atoms with E-state index in [1.165, 1.54) is 18.2 Å². The van der Waals surface area contributed by atoms with E-state index in [0.717, 1.165) is 6.07 Å². The van der Waals surface area contributed by atoms with E-state index in [1.54, 1.807) is 0 Å². The number of rotatable bonds is 4. The van der Waals surface area contributed by atoms with E-state index in [-0.39, 0.29) is 11.3 Å². The second kappa shape index (κ2) is 5.88. The molecule has 2 N–H and O–H groups in total. The lowest BCUT2D eigenvalue weighted by Gasteiger charge is -2.27. The highest BCUT2D eigenvalue weighted by Gasteiger charge is 2.30. The first kappa shape index (κ1) is 14.9. The summed E-state index contributed by atoms with van der Waals surface area (Å²) in [5.74, 6) is -2.05. The molecule has 0 amide bonds. The Hall–Kier alpha value is -1.47. The Morgan fingerprint density at radius 3 is 2.75 bits per heavy atom. The molecule has 0 radical (unpaired) electrons. The number of carboxylic acids is 1. The van der Waals surface area contributed by atoms with Gasteiger partial charge in [-0.3, -0.25) is 4.79 Å². The van der Waals surface area contributed by atoms with Gasteiger partial charge in [-0.25, -0.2) is 17.5 Å². The first-order valence-corrected chi connectivity index (χ1v) is 7.87. The zero-order chi connectivity index (χ0) is 14.8. The SMILES string of the molecule is O=C(O)C1CCCC(NS(=O)(=O)c2cccc(F)c2)C1. The molecule has 1 aliphatic rings. The average Bonchev–Trinajstić information content (AvgIpc) is 2.38. The van der Waals surface area contributed by atoms with Crippen LogP contribution in [-0.4, -0.2) is 25.5 Å². The minimum atomic E-state index is -3.81. The van der Waals surface area contributed by atoms with Gasteiger partial charge in [0.25, 0.3) is 0 Å². The third-order valence-electron chi connectivity index (χ3n) is 3.45. The van der Waals surface area contributed by atoms with Crippen molar-refractivity contribution in [2.24, 2.45) is 5.92 Å². The number of halogens is 1. The number of hydrogen-bond acceptors (Lipinski definition) is 3. The Bertz CT molecular complexity index is 602. The number of carboxylic acid groups (broad SMARTS) is 1. The number of nitrogens with one attached hydrogen (secondary N) is 1. The molecule has 2 atom stereocenters. The van der Waals surface area contributed by atoms with Crippen molar-refractivity contribution in [3.63, 3.8) is 0 Å². The van der Waals surface area contributed by atoms with E-state index < -0.39 is 33.8 Å². The topological polar surface area (TPSA) is 83.5 Å². The minimum Gasteiger partial charge on any atom is -0.481 e. The van der Waals surface area contributed by atoms with Crippen molar-refractivity contribution in [3.8, 4) is 0 Å². The van der Waals surface area contributed by atoms with Crippen LogP contribution in [0.4, 0.5) is 4.39 Å². The summed E-state index contributed by atoms with van der Waals surface area (Å²) in [6, 6.07) is 4.33. The summed E-state index contributed by atoms with van der Waals surface area (Å²) in [6.45, 7) is 0. The van der Waals surface area contributed by atoms with Crippen LogP contribution in [0.25, 0.3) is 0 Å². The van der Waals surface area contributed by atoms with Crippen molar-refractivity contribution in [1.29, 1.82) is 0 Å². The lowest BCUT2D eigenvalue weighted by Crippen LogP contribution is -2.39. The molecule has 7 heteroatoms. The summed E-state index contributed by atoms with van der Waals surface area (Å²) in [5.41, 5.74) is 0. The smallest absolute Gasteiger partial charge is 0.306 e. The monoisotopic (exact) mass is 301 g/mol. The Balaban J connectivity index is 2.10. The molecular weight excluding hydrogens is 285 g/mol. The molecule has 2 unspecified atom stereocenters. The van der Waals surface area contributed by atoms with Gasteiger partial charge in [0, 0.05) is 6.04 Å². The largest absolute Gasteiger partial charge is 0.481 e. The predicted octanol–water partition coefficient (Wildman–Crippen LogP) is 1.75. The van der Waals surface area contributed by atoms with E-state index >= 15 is 0 Å². The fraction of sp³-hybridized carbons (Fsp3) is 0.462. The van der Waals surface area contributed by atoms with Crippen LogP contribution < -0.4 is 4.72 Å². The standard InChI is InChI=1S/C13H16FNO4S/c14-10-4-2-6-12(8-10)20(18,19)15-11-5-1-3-9(7-11)13(16)17/h2,4,6,8-9,11,15H,1,3,5,7H2,(H,16,17). The molecule has 0 saturated heterocycles. The van der Waals surface area contributed by atoms with Gasteiger partial charge in [0.15, 0.2) is 0 Å². The second-order valence-electron chi connectivity index (χ2n) is 4.98. The maximum absolute atomic E-state index is 13.1. The van der Waals surface area contributed by atoms with Gasteiger partial charge in [0.05, 0.1) is 10.8 Å². The van der Waals surface area contributed by atoms with E-state index in [4.69, 9.17) is 5.11 Å². The van der Waals surface area contributed by atoms with Gasteiger partial charge in [-0.05, 0) is 37.5 Å². The van der Waals surface area contributed by atoms with Crippen molar-refractivity contribution >= 4 is 16.0 Å². The maximum Gasteiger partial charge on any atom is 0.306 e. The molecule has 0 spiro atoms. The van der Waals surface area contributed by atoms with E-state index in [2.05, 4.69) is 4.72 Å². The predicted molar refractivity (Wildman–Crippen MR) is 70.1 cm³/mol. The van der Waals surface area contributed by atoms with Crippen LogP contribution in [0.3, 0.4) is 0 Å². The van der Waals surface area contributed by atoms with E-state index in [1.807, 2.05) is 0 Å². The third-order valence-corrected chi connectivity index (χ3v) is 4.97. The summed E-state index contributed by atoms with van der Waals surface area (Å²) >= 11 is 0. The first-order chi connectivity index (χ1) is 9.38. The fourth-order valence-electron chi connectivity index (χ4n) is 2.44. The van der Waals surface area contributed by atoms with Gasteiger partial charge in [-0.2, -0.15) is 0 Å². The molecule has 20 heavy (non-hydrogen) atoms. The quantitative estimate of drug-likeness (QED) is 0.887. The molecule has 1 aliphatic carbocycles. The molecule has 1 saturated carbocycles. The lowest BCUT2D eigenvalue weighted by molar-refractivity contribution is -0.143. The second-order valence-corrected chi connectivity index (χ2v) is 6.69. The Labute approximate surface area is 116 Å². The molecular formula is C13H16FNO4S. The molecule has 0 bridgehead atoms. The van der Waals surface area contributed by atoms with Crippen LogP contribution in [0.15, 0.2) is 29.2 Å². The number of benzene rings is 1. The summed E-state index contributed by atoms with van der Waals surface area (Å²) in [5, 5.41) is 8.98. The van der Waals surface area contributed by atoms with Gasteiger partial charge >= 0.3 is 5.97 Å². The Morgan fingerprint density at radius 2 is 2.10 bits per heavy atom. The van der Waals surface area contributed by atoms with E-state index in [9.17, 15) is 17.6 Å². The summed E-state index contributed by atoms with van der Waals surface area (Å²) < 4.78 is 39.7. The summed E-state index contributed by atoms with van der Waals surface area (Å²) in [6.07, 6.45) is 2.09. The molecule has 1 aromatic rings. The highest BCUT2D eigenvalue weighted by atomic mass is 32.2. The molecule has 2 rings (SSSR count). The summed E-state index contributed by atoms with van der Waals surface area (Å²) in [7, 11) is -3.81. The van der Waals surface area contributed by atoms with Crippen LogP contribution in [0, 0.1) is 11.7 Å². The Kier molecular flexibility index (Phi) is 4.39. The van der Waals surface area contributed by atoms with Gasteiger partial charge in [0.2, 0.25) is 10.0 Å². The zero-order valence-electron chi connectivity index (χ0n) is 10.8. The fourth-order valence-corrected chi connectivity index (χ4v) is 3.76. The highest BCUT2D eigenvalue weighted by Crippen LogP contribution is 2.25. The van der Waals surface area contributed by atoms with Gasteiger partial charge in [0.1, 0.15) is 5.82 Å². The van der Waals surface area contributed by atoms with Crippen molar-refractivity contribution in [3.05, 3.63) is 30.1 Å². The third kappa shape index (κ3) is 3.55. The van der Waals surface area contributed by atoms with E-state index in [0.29, 0.717) is 19.3 Å². The molecule has 1 fully saturated rings. The van der Waals surface area contributed by atoms with Crippen molar-refractivity contribution < 1.29 is 22.7 Å². The van der Waals surface area contributed by atoms with Crippen molar-refractivity contribution in [2.45, 2.75) is 36.6 Å². The Morgan fingerprint density at radius 1 is 1.35 bits per heavy atom. The van der Waals surface area contributed by atoms with Crippen LogP contribution in [0.1, 0.15) is 25.7 Å². The number of aliphatic carboxylic acids is 1. The zero-order valence-corrected chi connectivity index (χ0v) is 11.6. The van der Waals surface area contributed by atoms with Crippen molar-refractivity contribution in [1.82, 2.24) is 4.72 Å². The van der Waals surface area contributed by atoms with Gasteiger partial charge < -0.3 is 5.11 Å². The molecule has 0 heterocycles. The molecule has 5 nitrogen and oxygen atoms in total. The molecule has 1 aromatic carbocycles. The van der Waals surface area contributed by atoms with Crippen LogP contribution >= 0.6 is 0 Å². The first-order valence-electron chi connectivity index (χ1n) is 6.39. The molecule has 0 aromatic heterocycles. The number of sulfonamides is 1. The normalized spacial score (nSPS) is 23.4. The van der Waals surface area contributed by atoms with Crippen LogP contribution in [0.5, 0.6) is 0 Å². The average molecular weight is 301 g/mol. The van der Waals surface area contributed by atoms with Crippen LogP contribution in [-0.2, 0) is 14.8 Å². The minimum absolute atomic E-state index is 0.144. The van der Waals surface area contributed by atoms with Gasteiger partial charge in [-0.1, -0.05) is 12.5 Å². The lowest BCUT2D eigenvalue weighted by atomic mass is 9.86. The maximum atomic E-state index is 13.1. The summed E-state index contributed by atoms with van der Waals surface area (Å²) in [4.78, 5) is 10.8. The van der Waals surface area contributed by atoms with Gasteiger partial charge in [-0.15, -0.1) is 0 Å². The van der Waals surface area contributed by atoms with Crippen LogP contribution in [0.2, 0.25) is 0 Å².